The van der Waals surface area contributed by atoms with Crippen LogP contribution in [0.2, 0.25) is 0 Å². The van der Waals surface area contributed by atoms with Crippen LogP contribution in [0.5, 0.6) is 0 Å². The highest BCUT2D eigenvalue weighted by Gasteiger charge is 2.59. The summed E-state index contributed by atoms with van der Waals surface area (Å²) in [6.07, 6.45) is 12.8. The van der Waals surface area contributed by atoms with E-state index in [0.29, 0.717) is 22.7 Å². The Balaban J connectivity index is 2.00. The number of hydrogen-bond acceptors (Lipinski definition) is 1. The molecule has 3 aliphatic rings. The predicted molar refractivity (Wildman–Crippen MR) is 89.3 cm³/mol. The van der Waals surface area contributed by atoms with Gasteiger partial charge in [-0.1, -0.05) is 46.3 Å². The molecule has 1 nitrogen and oxygen atoms in total. The summed E-state index contributed by atoms with van der Waals surface area (Å²) in [6, 6.07) is 0. The standard InChI is InChI=1S/C20H34O/c1-7-18(4)13-9-16-19(5)12-8-11-17(2,3)15(19)10-14-20(16,6)21-18/h10,14-16H,7-9,11-13H2,1-6H3/t15-,16+,18+,19-,20+/m0/s1. The smallest absolute Gasteiger partial charge is 0.0875 e. The third-order valence-electron chi connectivity index (χ3n) is 7.37. The van der Waals surface area contributed by atoms with Crippen molar-refractivity contribution in [3.8, 4) is 0 Å². The molecule has 1 saturated carbocycles. The molecule has 0 amide bonds. The fourth-order valence-electron chi connectivity index (χ4n) is 6.06. The molecule has 1 aliphatic heterocycles. The molecule has 5 atom stereocenters. The molecule has 0 aromatic carbocycles. The van der Waals surface area contributed by atoms with E-state index in [0.717, 1.165) is 6.42 Å². The van der Waals surface area contributed by atoms with Gasteiger partial charge in [-0.15, -0.1) is 0 Å². The summed E-state index contributed by atoms with van der Waals surface area (Å²) in [6.45, 7) is 14.4. The van der Waals surface area contributed by atoms with Crippen molar-refractivity contribution in [2.24, 2.45) is 22.7 Å². The zero-order chi connectivity index (χ0) is 15.5. The molecule has 1 heterocycles. The van der Waals surface area contributed by atoms with Gasteiger partial charge in [0.05, 0.1) is 11.2 Å². The summed E-state index contributed by atoms with van der Waals surface area (Å²) in [7, 11) is 0. The van der Waals surface area contributed by atoms with E-state index in [1.807, 2.05) is 0 Å². The number of ether oxygens (including phenoxy) is 1. The maximum absolute atomic E-state index is 6.71. The molecule has 0 aromatic rings. The summed E-state index contributed by atoms with van der Waals surface area (Å²) in [5.74, 6) is 1.39. The van der Waals surface area contributed by atoms with E-state index in [4.69, 9.17) is 4.74 Å². The Morgan fingerprint density at radius 2 is 1.76 bits per heavy atom. The maximum atomic E-state index is 6.71. The molecule has 0 N–H and O–H groups in total. The van der Waals surface area contributed by atoms with E-state index in [2.05, 4.69) is 53.7 Å². The van der Waals surface area contributed by atoms with Crippen molar-refractivity contribution < 1.29 is 4.74 Å². The Bertz CT molecular complexity index is 451. The van der Waals surface area contributed by atoms with E-state index in [1.165, 1.54) is 32.1 Å². The van der Waals surface area contributed by atoms with Crippen LogP contribution in [0, 0.1) is 22.7 Å². The van der Waals surface area contributed by atoms with Crippen LogP contribution < -0.4 is 0 Å². The second-order valence-corrected chi connectivity index (χ2v) is 9.37. The molecular weight excluding hydrogens is 256 g/mol. The minimum Gasteiger partial charge on any atom is -0.365 e. The first-order valence-corrected chi connectivity index (χ1v) is 9.05. The van der Waals surface area contributed by atoms with Crippen molar-refractivity contribution in [1.29, 1.82) is 0 Å². The lowest BCUT2D eigenvalue weighted by Crippen LogP contribution is -2.60. The summed E-state index contributed by atoms with van der Waals surface area (Å²) in [5, 5.41) is 0. The summed E-state index contributed by atoms with van der Waals surface area (Å²) in [4.78, 5) is 0. The third kappa shape index (κ3) is 2.22. The van der Waals surface area contributed by atoms with E-state index in [9.17, 15) is 0 Å². The van der Waals surface area contributed by atoms with Crippen LogP contribution in [0.15, 0.2) is 12.2 Å². The molecule has 21 heavy (non-hydrogen) atoms. The van der Waals surface area contributed by atoms with Gasteiger partial charge in [0, 0.05) is 0 Å². The van der Waals surface area contributed by atoms with E-state index < -0.39 is 0 Å². The minimum atomic E-state index is -0.0539. The number of hydrogen-bond donors (Lipinski definition) is 0. The lowest BCUT2D eigenvalue weighted by molar-refractivity contribution is -0.223. The van der Waals surface area contributed by atoms with Gasteiger partial charge in [0.15, 0.2) is 0 Å². The Hall–Kier alpha value is -0.300. The molecular formula is C20H34O. The average Bonchev–Trinajstić information content (AvgIpc) is 2.36. The lowest BCUT2D eigenvalue weighted by Gasteiger charge is -2.62. The zero-order valence-corrected chi connectivity index (χ0v) is 15.0. The second kappa shape index (κ2) is 4.60. The van der Waals surface area contributed by atoms with Gasteiger partial charge in [-0.25, -0.2) is 0 Å². The molecule has 1 saturated heterocycles. The van der Waals surface area contributed by atoms with Gasteiger partial charge in [0.25, 0.3) is 0 Å². The van der Waals surface area contributed by atoms with Crippen LogP contribution in [0.1, 0.15) is 80.1 Å². The maximum Gasteiger partial charge on any atom is 0.0875 e. The fraction of sp³-hybridized carbons (Fsp3) is 0.900. The molecule has 2 aliphatic carbocycles. The molecule has 0 spiro atoms. The molecule has 1 heteroatoms. The Labute approximate surface area is 131 Å². The summed E-state index contributed by atoms with van der Waals surface area (Å²) >= 11 is 0. The van der Waals surface area contributed by atoms with Crippen molar-refractivity contribution in [1.82, 2.24) is 0 Å². The largest absolute Gasteiger partial charge is 0.365 e. The highest BCUT2D eigenvalue weighted by atomic mass is 16.5. The zero-order valence-electron chi connectivity index (χ0n) is 15.0. The first-order chi connectivity index (χ1) is 9.65. The normalized spacial score (nSPS) is 52.1. The van der Waals surface area contributed by atoms with Gasteiger partial charge in [-0.2, -0.15) is 0 Å². The minimum absolute atomic E-state index is 0.0539. The van der Waals surface area contributed by atoms with E-state index in [1.54, 1.807) is 0 Å². The van der Waals surface area contributed by atoms with Crippen LogP contribution in [0.25, 0.3) is 0 Å². The van der Waals surface area contributed by atoms with Crippen molar-refractivity contribution in [2.45, 2.75) is 91.3 Å². The van der Waals surface area contributed by atoms with Crippen molar-refractivity contribution >= 4 is 0 Å². The molecule has 2 fully saturated rings. The van der Waals surface area contributed by atoms with Gasteiger partial charge in [0.2, 0.25) is 0 Å². The van der Waals surface area contributed by atoms with Gasteiger partial charge in [-0.3, -0.25) is 0 Å². The molecule has 0 aromatic heterocycles. The first kappa shape index (κ1) is 15.6. The number of allylic oxidation sites excluding steroid dienone is 1. The molecule has 0 unspecified atom stereocenters. The van der Waals surface area contributed by atoms with Crippen LogP contribution in [0.3, 0.4) is 0 Å². The van der Waals surface area contributed by atoms with Crippen molar-refractivity contribution in [2.75, 3.05) is 0 Å². The van der Waals surface area contributed by atoms with Gasteiger partial charge in [0.1, 0.15) is 0 Å². The van der Waals surface area contributed by atoms with Gasteiger partial charge < -0.3 is 4.74 Å². The fourth-order valence-corrected chi connectivity index (χ4v) is 6.06. The highest BCUT2D eigenvalue weighted by molar-refractivity contribution is 5.22. The van der Waals surface area contributed by atoms with Crippen LogP contribution in [0.4, 0.5) is 0 Å². The van der Waals surface area contributed by atoms with Gasteiger partial charge >= 0.3 is 0 Å². The van der Waals surface area contributed by atoms with Crippen molar-refractivity contribution in [3.63, 3.8) is 0 Å². The Kier molecular flexibility index (Phi) is 3.41. The number of rotatable bonds is 1. The highest BCUT2D eigenvalue weighted by Crippen LogP contribution is 2.63. The quantitative estimate of drug-likeness (QED) is 0.559. The van der Waals surface area contributed by atoms with Crippen LogP contribution >= 0.6 is 0 Å². The number of fused-ring (bicyclic) bond motifs is 3. The average molecular weight is 290 g/mol. The van der Waals surface area contributed by atoms with Crippen LogP contribution in [-0.2, 0) is 4.74 Å². The monoisotopic (exact) mass is 290 g/mol. The SMILES string of the molecule is CC[C@]1(C)CC[C@@H]2[C@@]3(C)CCCC(C)(C)[C@@H]3C=C[C@@]2(C)O1. The second-order valence-electron chi connectivity index (χ2n) is 9.37. The topological polar surface area (TPSA) is 9.23 Å². The first-order valence-electron chi connectivity index (χ1n) is 9.05. The Morgan fingerprint density at radius 3 is 2.43 bits per heavy atom. The summed E-state index contributed by atoms with van der Waals surface area (Å²) in [5.41, 5.74) is 0.876. The van der Waals surface area contributed by atoms with E-state index in [-0.39, 0.29) is 11.2 Å². The molecule has 3 rings (SSSR count). The van der Waals surface area contributed by atoms with Crippen molar-refractivity contribution in [3.05, 3.63) is 12.2 Å². The van der Waals surface area contributed by atoms with E-state index >= 15 is 0 Å². The molecule has 0 radical (unpaired) electrons. The predicted octanol–water partition coefficient (Wildman–Crippen LogP) is 5.74. The molecule has 0 bridgehead atoms. The van der Waals surface area contributed by atoms with Gasteiger partial charge in [-0.05, 0) is 68.6 Å². The van der Waals surface area contributed by atoms with Crippen LogP contribution in [-0.4, -0.2) is 11.2 Å². The summed E-state index contributed by atoms with van der Waals surface area (Å²) < 4.78 is 6.71. The molecule has 120 valence electrons. The third-order valence-corrected chi connectivity index (χ3v) is 7.37. The Morgan fingerprint density at radius 1 is 1.05 bits per heavy atom. The lowest BCUT2D eigenvalue weighted by atomic mass is 9.46.